The van der Waals surface area contributed by atoms with E-state index in [2.05, 4.69) is 0 Å². The second-order valence-corrected chi connectivity index (χ2v) is 13.3. The number of aliphatic carboxylic acids is 1. The highest BCUT2D eigenvalue weighted by molar-refractivity contribution is 5.82. The van der Waals surface area contributed by atoms with Gasteiger partial charge >= 0.3 is 11.9 Å². The fourth-order valence-corrected chi connectivity index (χ4v) is 6.00. The van der Waals surface area contributed by atoms with Gasteiger partial charge in [-0.1, -0.05) is 55.5 Å². The molecule has 0 aromatic heterocycles. The predicted octanol–water partition coefficient (Wildman–Crippen LogP) is 0.508. The third kappa shape index (κ3) is 13.6. The van der Waals surface area contributed by atoms with E-state index in [-0.39, 0.29) is 25.4 Å². The first-order valence-corrected chi connectivity index (χ1v) is 17.4. The van der Waals surface area contributed by atoms with Gasteiger partial charge < -0.3 is 65.2 Å². The maximum Gasteiger partial charge on any atom is 0.330 e. The lowest BCUT2D eigenvalue weighted by Crippen LogP contribution is -2.61. The van der Waals surface area contributed by atoms with E-state index >= 15 is 0 Å². The van der Waals surface area contributed by atoms with E-state index in [0.717, 1.165) is 6.42 Å². The van der Waals surface area contributed by atoms with E-state index in [1.165, 1.54) is 12.2 Å². The van der Waals surface area contributed by atoms with Crippen molar-refractivity contribution >= 4 is 11.9 Å². The van der Waals surface area contributed by atoms with Gasteiger partial charge in [0.2, 0.25) is 0 Å². The number of carbonyl (C=O) groups is 2. The Morgan fingerprint density at radius 2 is 1.63 bits per heavy atom. The smallest absolute Gasteiger partial charge is 0.330 e. The quantitative estimate of drug-likeness (QED) is 0.145. The molecule has 0 radical (unpaired) electrons. The van der Waals surface area contributed by atoms with Crippen LogP contribution in [0.25, 0.3) is 0 Å². The normalized spacial score (nSPS) is 44.1. The molecule has 0 saturated carbocycles. The standard InChI is InChI=1S/C33H47NO13.C3H8O/c1-18-10-8-6-4-3-5-7-9-11-21(45-32-30(39)28(34)29(38)19(2)44-32)15-25-27(31(40)41)22(36)17-33(42,47-25)16-20(35)14-24-23(46-24)12-13-26(37)43-18;1-2-3-4/h3-9,11-13,18-25,27-30,32,35-36,38-39,42H,10,14-17,34H2,1-2H3,(H,40,41);4H,2-3H2,1H3/b4-3+,7-5+,8-6+,11-9+,13-12+;/t18-,19-,20+,21+,22+,23-,24-,25+,27-,28+,29-,30+,32+,33-;/m1./s1. The summed E-state index contributed by atoms with van der Waals surface area (Å²) in [5.74, 6) is -5.45. The van der Waals surface area contributed by atoms with E-state index in [9.17, 15) is 40.2 Å². The summed E-state index contributed by atoms with van der Waals surface area (Å²) in [6.07, 6.45) is 6.13. The third-order valence-electron chi connectivity index (χ3n) is 8.80. The molecule has 51 heavy (non-hydrogen) atoms. The number of allylic oxidation sites excluding steroid dienone is 6. The van der Waals surface area contributed by atoms with E-state index in [4.69, 9.17) is 34.5 Å². The van der Waals surface area contributed by atoms with E-state index in [1.807, 2.05) is 13.0 Å². The molecule has 0 aromatic carbocycles. The minimum atomic E-state index is -2.10. The van der Waals surface area contributed by atoms with Gasteiger partial charge in [-0.2, -0.15) is 0 Å². The molecule has 0 aromatic rings. The predicted molar refractivity (Wildman–Crippen MR) is 183 cm³/mol. The van der Waals surface area contributed by atoms with Crippen LogP contribution < -0.4 is 5.73 Å². The van der Waals surface area contributed by atoms with Crippen molar-refractivity contribution in [1.82, 2.24) is 0 Å². The largest absolute Gasteiger partial charge is 0.481 e. The first-order chi connectivity index (χ1) is 24.2. The van der Waals surface area contributed by atoms with Crippen LogP contribution in [0.5, 0.6) is 0 Å². The van der Waals surface area contributed by atoms with Crippen molar-refractivity contribution in [3.05, 3.63) is 60.8 Å². The molecule has 2 bridgehead atoms. The van der Waals surface area contributed by atoms with Crippen molar-refractivity contribution in [1.29, 1.82) is 0 Å². The first-order valence-electron chi connectivity index (χ1n) is 17.4. The number of epoxide rings is 1. The summed E-state index contributed by atoms with van der Waals surface area (Å²) < 4.78 is 28.5. The Hall–Kier alpha value is -2.80. The van der Waals surface area contributed by atoms with Crippen molar-refractivity contribution in [2.45, 2.75) is 138 Å². The molecule has 9 N–H and O–H groups in total. The third-order valence-corrected chi connectivity index (χ3v) is 8.80. The van der Waals surface area contributed by atoms with Gasteiger partial charge in [-0.3, -0.25) is 4.79 Å². The zero-order chi connectivity index (χ0) is 37.7. The van der Waals surface area contributed by atoms with Crippen molar-refractivity contribution < 1.29 is 69.0 Å². The molecule has 3 saturated heterocycles. The maximum atomic E-state index is 12.3. The summed E-state index contributed by atoms with van der Waals surface area (Å²) in [6.45, 7) is 5.59. The summed E-state index contributed by atoms with van der Waals surface area (Å²) >= 11 is 0. The van der Waals surface area contributed by atoms with E-state index < -0.39 is 97.3 Å². The average Bonchev–Trinajstić information content (AvgIpc) is 3.80. The molecule has 15 heteroatoms. The molecule has 3 fully saturated rings. The van der Waals surface area contributed by atoms with Gasteiger partial charge in [-0.05, 0) is 26.3 Å². The highest BCUT2D eigenvalue weighted by Gasteiger charge is 2.51. The fourth-order valence-electron chi connectivity index (χ4n) is 6.00. The number of rotatable bonds is 4. The SMILES string of the molecule is CCCO.C[C@@H]1C/C=C/C=C/C=C/C=C/[C@H](O[C@@H]2O[C@H](C)[C@@H](O)[C@H](N)[C@@H]2O)C[C@@H]2O[C@](O)(C[C@@H](O)C[C@H]3O[C@@H]3/C=C/C(=O)O1)C[C@H](O)[C@H]2C(=O)O. The molecule has 4 aliphatic heterocycles. The number of cyclic esters (lactones) is 1. The average molecular weight is 726 g/mol. The molecule has 0 aliphatic carbocycles. The van der Waals surface area contributed by atoms with Crippen LogP contribution in [0.2, 0.25) is 0 Å². The number of hydrogen-bond donors (Lipinski definition) is 8. The Morgan fingerprint density at radius 1 is 0.961 bits per heavy atom. The zero-order valence-corrected chi connectivity index (χ0v) is 29.3. The molecule has 0 amide bonds. The van der Waals surface area contributed by atoms with Crippen molar-refractivity contribution in [2.75, 3.05) is 6.61 Å². The summed E-state index contributed by atoms with van der Waals surface area (Å²) in [7, 11) is 0. The molecule has 0 unspecified atom stereocenters. The molecule has 4 aliphatic rings. The van der Waals surface area contributed by atoms with E-state index in [0.29, 0.717) is 13.0 Å². The van der Waals surface area contributed by atoms with Gasteiger partial charge in [0.1, 0.15) is 24.2 Å². The van der Waals surface area contributed by atoms with Crippen LogP contribution in [-0.2, 0) is 33.3 Å². The molecule has 288 valence electrons. The number of aliphatic hydroxyl groups is 6. The van der Waals surface area contributed by atoms with Crippen LogP contribution in [0.15, 0.2) is 60.8 Å². The van der Waals surface area contributed by atoms with E-state index in [1.54, 1.807) is 56.4 Å². The fraction of sp³-hybridized carbons (Fsp3) is 0.667. The van der Waals surface area contributed by atoms with Crippen LogP contribution >= 0.6 is 0 Å². The molecule has 14 atom stereocenters. The Bertz CT molecular complexity index is 1250. The molecular weight excluding hydrogens is 670 g/mol. The molecule has 0 spiro atoms. The van der Waals surface area contributed by atoms with Crippen molar-refractivity contribution in [3.8, 4) is 0 Å². The number of esters is 1. The molecule has 4 rings (SSSR count). The highest BCUT2D eigenvalue weighted by atomic mass is 16.7. The number of aliphatic hydroxyl groups excluding tert-OH is 5. The first kappa shape index (κ1) is 42.6. The number of nitrogens with two attached hydrogens (primary N) is 1. The van der Waals surface area contributed by atoms with Gasteiger partial charge in [0.25, 0.3) is 0 Å². The second kappa shape index (κ2) is 20.4. The number of carboxylic acid groups (broad SMARTS) is 1. The minimum Gasteiger partial charge on any atom is -0.481 e. The number of hydrogen-bond acceptors (Lipinski definition) is 14. The van der Waals surface area contributed by atoms with Crippen LogP contribution in [0.4, 0.5) is 0 Å². The van der Waals surface area contributed by atoms with Crippen LogP contribution in [0.1, 0.15) is 59.3 Å². The number of fused-ring (bicyclic) bond motifs is 3. The van der Waals surface area contributed by atoms with Crippen LogP contribution in [0, 0.1) is 5.92 Å². The molecular formula is C36H55NO14. The summed E-state index contributed by atoms with van der Waals surface area (Å²) in [5, 5.41) is 71.8. The highest BCUT2D eigenvalue weighted by Crippen LogP contribution is 2.39. The van der Waals surface area contributed by atoms with Crippen molar-refractivity contribution in [3.63, 3.8) is 0 Å². The van der Waals surface area contributed by atoms with Gasteiger partial charge in [0, 0.05) is 44.8 Å². The van der Waals surface area contributed by atoms with Gasteiger partial charge in [-0.15, -0.1) is 0 Å². The van der Waals surface area contributed by atoms with Crippen molar-refractivity contribution in [2.24, 2.45) is 11.7 Å². The van der Waals surface area contributed by atoms with Crippen LogP contribution in [-0.4, -0.2) is 133 Å². The summed E-state index contributed by atoms with van der Waals surface area (Å²) in [5.41, 5.74) is 5.98. The lowest BCUT2D eigenvalue weighted by Gasteiger charge is -2.45. The Kier molecular flexibility index (Phi) is 17.1. The molecule has 4 heterocycles. The van der Waals surface area contributed by atoms with Gasteiger partial charge in [0.05, 0.1) is 48.8 Å². The van der Waals surface area contributed by atoms with Crippen LogP contribution in [0.3, 0.4) is 0 Å². The number of carboxylic acids is 1. The Morgan fingerprint density at radius 3 is 2.29 bits per heavy atom. The topological polar surface area (TPSA) is 251 Å². The number of ether oxygens (including phenoxy) is 5. The lowest BCUT2D eigenvalue weighted by atomic mass is 9.83. The van der Waals surface area contributed by atoms with Gasteiger partial charge in [-0.25, -0.2) is 4.79 Å². The van der Waals surface area contributed by atoms with Gasteiger partial charge in [0.15, 0.2) is 12.1 Å². The summed E-state index contributed by atoms with van der Waals surface area (Å²) in [4.78, 5) is 24.4. The number of carbonyl (C=O) groups excluding carboxylic acids is 1. The Balaban J connectivity index is 0.00000166. The second-order valence-electron chi connectivity index (χ2n) is 13.3. The minimum absolute atomic E-state index is 0.0789. The lowest BCUT2D eigenvalue weighted by molar-refractivity contribution is -0.308. The zero-order valence-electron chi connectivity index (χ0n) is 29.3. The molecule has 15 nitrogen and oxygen atoms in total. The maximum absolute atomic E-state index is 12.3. The summed E-state index contributed by atoms with van der Waals surface area (Å²) in [6, 6.07) is -1.08. The Labute approximate surface area is 298 Å². The monoisotopic (exact) mass is 725 g/mol.